The van der Waals surface area contributed by atoms with Crippen molar-refractivity contribution in [1.82, 2.24) is 49.3 Å². The lowest BCUT2D eigenvalue weighted by molar-refractivity contribution is 0.414. The third kappa shape index (κ3) is 9.03. The number of thioether (sulfide) groups is 2. The molecule has 334 valence electrons. The maximum atomic E-state index is 6.74. The maximum absolute atomic E-state index is 6.74. The van der Waals surface area contributed by atoms with Gasteiger partial charge in [0.25, 0.3) is 0 Å². The van der Waals surface area contributed by atoms with Gasteiger partial charge in [-0.1, -0.05) is 59.9 Å². The summed E-state index contributed by atoms with van der Waals surface area (Å²) in [7, 11) is 3.28. The second-order valence-corrected chi connectivity index (χ2v) is 17.1. The second-order valence-electron chi connectivity index (χ2n) is 15.0. The molecule has 0 saturated heterocycles. The van der Waals surface area contributed by atoms with Crippen LogP contribution in [0.3, 0.4) is 0 Å². The zero-order valence-electron chi connectivity index (χ0n) is 36.8. The molecule has 16 nitrogen and oxygen atoms in total. The Labute approximate surface area is 393 Å². The Morgan fingerprint density at radius 1 is 0.493 bits per heavy atom. The average molecular weight is 927 g/mol. The first kappa shape index (κ1) is 43.0. The van der Waals surface area contributed by atoms with E-state index in [0.717, 1.165) is 40.4 Å². The van der Waals surface area contributed by atoms with Crippen LogP contribution in [-0.4, -0.2) is 87.5 Å². The topological polar surface area (TPSA) is 159 Å². The Bertz CT molecular complexity index is 2990. The van der Waals surface area contributed by atoms with E-state index in [0.29, 0.717) is 79.2 Å². The smallest absolute Gasteiger partial charge is 0.231 e. The van der Waals surface area contributed by atoms with Gasteiger partial charge < -0.3 is 18.9 Å². The molecule has 5 aromatic carbocycles. The summed E-state index contributed by atoms with van der Waals surface area (Å²) in [5.74, 6) is 6.06. The quantitative estimate of drug-likeness (QED) is 0.156. The van der Waals surface area contributed by atoms with Gasteiger partial charge in [-0.25, -0.2) is 0 Å². The van der Waals surface area contributed by atoms with E-state index in [1.54, 1.807) is 68.9 Å². The number of ether oxygens (including phenoxy) is 4. The molecule has 0 amide bonds. The standard InChI is InChI=1S/C49H42N12O4S2/c1-32-42-30-50-60-44(34-16-20-38(62-3)21-17-34)52-54-48(60)66-28-11-29-67-49-55-53-45(35-18-22-39(63-4)23-19-35)61(49)51-31-43-33(2)57-59(37-14-9-6-10-15-37)47(43)65-41-26-24-40(25-27-41)64-46(42)58(56-32)36-12-7-5-8-13-36/h5-10,12-27,30-31H,11,28-29H2,1-4H3/b50-30+,51-31+. The van der Waals surface area contributed by atoms with E-state index in [1.165, 1.54) is 0 Å². The molecule has 2 aliphatic heterocycles. The SMILES string of the molecule is COc1ccc(-c2nnc3n2/N=C/c2c(C)nn(-c4ccccc4)c2Oc2ccc(cc2)Oc2c(c(C)nn2-c2ccccc2)/C=N/n2c(nnc2-c2ccc(OC)cc2)SCCCS3)cc1. The molecule has 0 aliphatic carbocycles. The first-order chi connectivity index (χ1) is 32.9. The minimum atomic E-state index is 0.474. The number of rotatable bonds is 6. The van der Waals surface area contributed by atoms with Crippen LogP contribution in [-0.2, 0) is 0 Å². The normalized spacial score (nSPS) is 13.9. The number of benzene rings is 5. The van der Waals surface area contributed by atoms with Gasteiger partial charge in [-0.2, -0.15) is 39.1 Å². The predicted octanol–water partition coefficient (Wildman–Crippen LogP) is 10.1. The number of aromatic nitrogens is 10. The molecule has 67 heavy (non-hydrogen) atoms. The zero-order chi connectivity index (χ0) is 45.7. The summed E-state index contributed by atoms with van der Waals surface area (Å²) in [4.78, 5) is 0. The summed E-state index contributed by atoms with van der Waals surface area (Å²) in [6.45, 7) is 3.86. The van der Waals surface area contributed by atoms with Crippen LogP contribution in [0.2, 0.25) is 0 Å². The summed E-state index contributed by atoms with van der Waals surface area (Å²) in [6, 6.07) is 42.4. The third-order valence-electron chi connectivity index (χ3n) is 10.7. The number of methoxy groups -OCH3 is 2. The molecule has 2 aliphatic rings. The number of hydrogen-bond donors (Lipinski definition) is 0. The molecule has 0 unspecified atom stereocenters. The van der Waals surface area contributed by atoms with Crippen molar-refractivity contribution >= 4 is 36.0 Å². The highest BCUT2D eigenvalue weighted by Crippen LogP contribution is 2.35. The fraction of sp³-hybridized carbons (Fsp3) is 0.143. The van der Waals surface area contributed by atoms with Crippen molar-refractivity contribution in [2.45, 2.75) is 30.6 Å². The van der Waals surface area contributed by atoms with Crippen molar-refractivity contribution in [3.05, 3.63) is 156 Å². The molecule has 0 spiro atoms. The van der Waals surface area contributed by atoms with E-state index in [1.807, 2.05) is 147 Å². The molecular formula is C49H42N12O4S2. The van der Waals surface area contributed by atoms with Gasteiger partial charge in [-0.3, -0.25) is 0 Å². The first-order valence-electron chi connectivity index (χ1n) is 21.2. The molecule has 4 aromatic heterocycles. The molecule has 18 heteroatoms. The molecule has 0 saturated carbocycles. The monoisotopic (exact) mass is 926 g/mol. The van der Waals surface area contributed by atoms with E-state index in [2.05, 4.69) is 20.4 Å². The number of fused-ring (bicyclic) bond motifs is 6. The van der Waals surface area contributed by atoms with Crippen LogP contribution in [0.5, 0.6) is 34.8 Å². The van der Waals surface area contributed by atoms with E-state index < -0.39 is 0 Å². The van der Waals surface area contributed by atoms with Crippen molar-refractivity contribution in [2.24, 2.45) is 10.2 Å². The fourth-order valence-corrected chi connectivity index (χ4v) is 9.03. The van der Waals surface area contributed by atoms with E-state index >= 15 is 0 Å². The number of nitrogens with zero attached hydrogens (tertiary/aromatic N) is 12. The molecule has 2 bridgehead atoms. The van der Waals surface area contributed by atoms with Gasteiger partial charge >= 0.3 is 0 Å². The van der Waals surface area contributed by atoms with Crippen LogP contribution < -0.4 is 18.9 Å². The second kappa shape index (κ2) is 19.3. The van der Waals surface area contributed by atoms with Crippen LogP contribution in [0.25, 0.3) is 34.2 Å². The highest BCUT2D eigenvalue weighted by atomic mass is 32.2. The maximum Gasteiger partial charge on any atom is 0.231 e. The molecule has 0 atom stereocenters. The van der Waals surface area contributed by atoms with Gasteiger partial charge in [0.1, 0.15) is 23.0 Å². The first-order valence-corrected chi connectivity index (χ1v) is 23.2. The average Bonchev–Trinajstić information content (AvgIpc) is 4.13. The van der Waals surface area contributed by atoms with Gasteiger partial charge in [-0.05, 0) is 117 Å². The Balaban J connectivity index is 1.09. The summed E-state index contributed by atoms with van der Waals surface area (Å²) >= 11 is 3.12. The van der Waals surface area contributed by atoms with Crippen LogP contribution in [0.1, 0.15) is 28.9 Å². The van der Waals surface area contributed by atoms with Gasteiger partial charge in [0.2, 0.25) is 22.1 Å². The van der Waals surface area contributed by atoms with Crippen LogP contribution >= 0.6 is 23.5 Å². The summed E-state index contributed by atoms with van der Waals surface area (Å²) in [5.41, 5.74) is 6.05. The highest BCUT2D eigenvalue weighted by Gasteiger charge is 2.23. The predicted molar refractivity (Wildman–Crippen MR) is 259 cm³/mol. The lowest BCUT2D eigenvalue weighted by atomic mass is 10.2. The minimum Gasteiger partial charge on any atom is -0.497 e. The van der Waals surface area contributed by atoms with Crippen LogP contribution in [0.15, 0.2) is 154 Å². The van der Waals surface area contributed by atoms with Gasteiger partial charge in [0.05, 0.1) is 60.5 Å². The van der Waals surface area contributed by atoms with E-state index in [-0.39, 0.29) is 0 Å². The Morgan fingerprint density at radius 3 is 1.28 bits per heavy atom. The van der Waals surface area contributed by atoms with Gasteiger partial charge in [0.15, 0.2) is 11.6 Å². The summed E-state index contributed by atoms with van der Waals surface area (Å²) < 4.78 is 31.4. The van der Waals surface area contributed by atoms with Crippen LogP contribution in [0, 0.1) is 13.8 Å². The largest absolute Gasteiger partial charge is 0.497 e. The van der Waals surface area contributed by atoms with E-state index in [4.69, 9.17) is 39.3 Å². The van der Waals surface area contributed by atoms with Crippen molar-refractivity contribution in [3.63, 3.8) is 0 Å². The Kier molecular flexibility index (Phi) is 12.3. The van der Waals surface area contributed by atoms with Gasteiger partial charge in [0, 0.05) is 22.6 Å². The lowest BCUT2D eigenvalue weighted by Gasteiger charge is -2.12. The zero-order valence-corrected chi connectivity index (χ0v) is 38.4. The van der Waals surface area contributed by atoms with Crippen molar-refractivity contribution in [1.29, 1.82) is 0 Å². The number of hydrogen-bond acceptors (Lipinski definition) is 14. The molecule has 9 aromatic rings. The number of aryl methyl sites for hydroxylation is 2. The minimum absolute atomic E-state index is 0.474. The lowest BCUT2D eigenvalue weighted by Crippen LogP contribution is -2.02. The van der Waals surface area contributed by atoms with Gasteiger partial charge in [-0.15, -0.1) is 20.4 Å². The summed E-state index contributed by atoms with van der Waals surface area (Å²) in [5, 5.41) is 39.7. The number of para-hydroxylation sites is 2. The highest BCUT2D eigenvalue weighted by molar-refractivity contribution is 8.00. The Morgan fingerprint density at radius 2 is 0.896 bits per heavy atom. The fourth-order valence-electron chi connectivity index (χ4n) is 7.19. The van der Waals surface area contributed by atoms with Crippen LogP contribution in [0.4, 0.5) is 0 Å². The molecule has 6 heterocycles. The van der Waals surface area contributed by atoms with Crippen molar-refractivity contribution < 1.29 is 18.9 Å². The summed E-state index contributed by atoms with van der Waals surface area (Å²) in [6.07, 6.45) is 4.29. The molecule has 0 N–H and O–H groups in total. The van der Waals surface area contributed by atoms with Crippen molar-refractivity contribution in [2.75, 3.05) is 25.7 Å². The Hall–Kier alpha value is -7.96. The molecule has 0 radical (unpaired) electrons. The molecule has 0 fully saturated rings. The van der Waals surface area contributed by atoms with E-state index in [9.17, 15) is 0 Å². The van der Waals surface area contributed by atoms with Crippen molar-refractivity contribution in [3.8, 4) is 68.9 Å². The molecule has 11 rings (SSSR count). The molecular weight excluding hydrogens is 885 g/mol. The third-order valence-corrected chi connectivity index (χ3v) is 12.7.